The molecule has 0 aromatic heterocycles. The SMILES string of the molecule is O=C(C[C@@H](NCc1ccccc1)C(=O)O)Nc1ccc(Oc2ccccc2)cc1. The summed E-state index contributed by atoms with van der Waals surface area (Å²) in [4.78, 5) is 23.7. The number of carbonyl (C=O) groups is 2. The second kappa shape index (κ2) is 10.1. The van der Waals surface area contributed by atoms with E-state index in [0.29, 0.717) is 18.0 Å². The van der Waals surface area contributed by atoms with Crippen LogP contribution in [0.15, 0.2) is 84.9 Å². The number of hydrogen-bond donors (Lipinski definition) is 3. The first-order valence-electron chi connectivity index (χ1n) is 9.23. The second-order valence-corrected chi connectivity index (χ2v) is 6.45. The van der Waals surface area contributed by atoms with Gasteiger partial charge in [-0.25, -0.2) is 0 Å². The van der Waals surface area contributed by atoms with Gasteiger partial charge in [0.1, 0.15) is 17.5 Å². The van der Waals surface area contributed by atoms with Crippen molar-refractivity contribution < 1.29 is 19.4 Å². The average molecular weight is 390 g/mol. The molecule has 0 heterocycles. The van der Waals surface area contributed by atoms with E-state index < -0.39 is 12.0 Å². The fourth-order valence-electron chi connectivity index (χ4n) is 2.71. The van der Waals surface area contributed by atoms with Crippen LogP contribution in [0.1, 0.15) is 12.0 Å². The first-order chi connectivity index (χ1) is 14.1. The monoisotopic (exact) mass is 390 g/mol. The smallest absolute Gasteiger partial charge is 0.321 e. The third-order valence-corrected chi connectivity index (χ3v) is 4.20. The Morgan fingerprint density at radius 2 is 1.41 bits per heavy atom. The number of ether oxygens (including phenoxy) is 1. The maximum absolute atomic E-state index is 12.3. The molecule has 6 nitrogen and oxygen atoms in total. The molecular formula is C23H22N2O4. The van der Waals surface area contributed by atoms with Gasteiger partial charge in [0, 0.05) is 12.2 Å². The van der Waals surface area contributed by atoms with Crippen LogP contribution >= 0.6 is 0 Å². The van der Waals surface area contributed by atoms with Gasteiger partial charge in [0.2, 0.25) is 5.91 Å². The molecule has 0 saturated heterocycles. The predicted molar refractivity (Wildman–Crippen MR) is 111 cm³/mol. The van der Waals surface area contributed by atoms with Gasteiger partial charge in [-0.05, 0) is 42.0 Å². The molecule has 0 aliphatic rings. The summed E-state index contributed by atoms with van der Waals surface area (Å²) < 4.78 is 5.71. The Labute approximate surface area is 169 Å². The topological polar surface area (TPSA) is 87.7 Å². The van der Waals surface area contributed by atoms with Crippen molar-refractivity contribution >= 4 is 17.6 Å². The Balaban J connectivity index is 1.52. The first-order valence-corrected chi connectivity index (χ1v) is 9.23. The number of aliphatic carboxylic acids is 1. The van der Waals surface area contributed by atoms with Gasteiger partial charge >= 0.3 is 5.97 Å². The second-order valence-electron chi connectivity index (χ2n) is 6.45. The molecule has 3 aromatic rings. The fraction of sp³-hybridized carbons (Fsp3) is 0.130. The van der Waals surface area contributed by atoms with E-state index in [9.17, 15) is 14.7 Å². The summed E-state index contributed by atoms with van der Waals surface area (Å²) in [7, 11) is 0. The number of amides is 1. The van der Waals surface area contributed by atoms with Crippen molar-refractivity contribution in [1.82, 2.24) is 5.32 Å². The molecule has 0 saturated carbocycles. The molecule has 3 N–H and O–H groups in total. The molecule has 1 atom stereocenters. The quantitative estimate of drug-likeness (QED) is 0.513. The summed E-state index contributed by atoms with van der Waals surface area (Å²) in [5.74, 6) is -0.0856. The Kier molecular flexibility index (Phi) is 6.97. The Morgan fingerprint density at radius 1 is 0.828 bits per heavy atom. The minimum Gasteiger partial charge on any atom is -0.480 e. The van der Waals surface area contributed by atoms with Gasteiger partial charge in [-0.3, -0.25) is 14.9 Å². The molecule has 6 heteroatoms. The average Bonchev–Trinajstić information content (AvgIpc) is 2.74. The first kappa shape index (κ1) is 20.1. The third-order valence-electron chi connectivity index (χ3n) is 4.20. The highest BCUT2D eigenvalue weighted by Crippen LogP contribution is 2.22. The summed E-state index contributed by atoms with van der Waals surface area (Å²) in [6.45, 7) is 0.372. The summed E-state index contributed by atoms with van der Waals surface area (Å²) in [6.07, 6.45) is -0.176. The van der Waals surface area contributed by atoms with Crippen molar-refractivity contribution in [3.05, 3.63) is 90.5 Å². The van der Waals surface area contributed by atoms with Crippen LogP contribution in [0.3, 0.4) is 0 Å². The van der Waals surface area contributed by atoms with E-state index >= 15 is 0 Å². The lowest BCUT2D eigenvalue weighted by molar-refractivity contribution is -0.141. The van der Waals surface area contributed by atoms with Crippen LogP contribution in [-0.4, -0.2) is 23.0 Å². The number of para-hydroxylation sites is 1. The molecule has 0 bridgehead atoms. The van der Waals surface area contributed by atoms with Gasteiger partial charge in [0.05, 0.1) is 6.42 Å². The lowest BCUT2D eigenvalue weighted by Crippen LogP contribution is -2.39. The van der Waals surface area contributed by atoms with Crippen molar-refractivity contribution in [2.24, 2.45) is 0 Å². The molecule has 0 aliphatic carbocycles. The highest BCUT2D eigenvalue weighted by molar-refractivity contribution is 5.94. The Bertz CT molecular complexity index is 928. The van der Waals surface area contributed by atoms with Gasteiger partial charge in [-0.2, -0.15) is 0 Å². The summed E-state index contributed by atoms with van der Waals surface area (Å²) in [5, 5.41) is 15.0. The zero-order chi connectivity index (χ0) is 20.5. The number of benzene rings is 3. The van der Waals surface area contributed by atoms with Crippen LogP contribution in [0.5, 0.6) is 11.5 Å². The number of rotatable bonds is 9. The van der Waals surface area contributed by atoms with Crippen LogP contribution in [0.25, 0.3) is 0 Å². The number of anilines is 1. The number of nitrogens with one attached hydrogen (secondary N) is 2. The molecule has 1 amide bonds. The maximum atomic E-state index is 12.3. The van der Waals surface area contributed by atoms with Crippen molar-refractivity contribution in [2.45, 2.75) is 19.0 Å². The minimum atomic E-state index is -1.07. The lowest BCUT2D eigenvalue weighted by Gasteiger charge is -2.14. The molecule has 0 unspecified atom stereocenters. The largest absolute Gasteiger partial charge is 0.480 e. The van der Waals surface area contributed by atoms with Crippen LogP contribution in [0.4, 0.5) is 5.69 Å². The maximum Gasteiger partial charge on any atom is 0.321 e. The van der Waals surface area contributed by atoms with Gasteiger partial charge in [0.15, 0.2) is 0 Å². The standard InChI is InChI=1S/C23H22N2O4/c26-22(15-21(23(27)28)24-16-17-7-3-1-4-8-17)25-18-11-13-20(14-12-18)29-19-9-5-2-6-10-19/h1-14,21,24H,15-16H2,(H,25,26)(H,27,28)/t21-/m1/s1. The molecule has 0 aliphatic heterocycles. The fourth-order valence-corrected chi connectivity index (χ4v) is 2.71. The number of carboxylic acids is 1. The number of hydrogen-bond acceptors (Lipinski definition) is 4. The van der Waals surface area contributed by atoms with E-state index in [1.807, 2.05) is 60.7 Å². The van der Waals surface area contributed by atoms with E-state index in [4.69, 9.17) is 4.74 Å². The molecule has 0 radical (unpaired) electrons. The van der Waals surface area contributed by atoms with Crippen LogP contribution in [0.2, 0.25) is 0 Å². The molecular weight excluding hydrogens is 368 g/mol. The van der Waals surface area contributed by atoms with Crippen molar-refractivity contribution in [3.8, 4) is 11.5 Å². The van der Waals surface area contributed by atoms with Crippen molar-refractivity contribution in [1.29, 1.82) is 0 Å². The zero-order valence-corrected chi connectivity index (χ0v) is 15.7. The molecule has 148 valence electrons. The van der Waals surface area contributed by atoms with Gasteiger partial charge in [0.25, 0.3) is 0 Å². The van der Waals surface area contributed by atoms with E-state index in [1.165, 1.54) is 0 Å². The van der Waals surface area contributed by atoms with Gasteiger partial charge in [-0.1, -0.05) is 48.5 Å². The molecule has 0 spiro atoms. The highest BCUT2D eigenvalue weighted by atomic mass is 16.5. The van der Waals surface area contributed by atoms with Crippen LogP contribution < -0.4 is 15.4 Å². The van der Waals surface area contributed by atoms with Crippen LogP contribution in [0, 0.1) is 0 Å². The molecule has 3 aromatic carbocycles. The van der Waals surface area contributed by atoms with E-state index in [0.717, 1.165) is 11.3 Å². The number of carbonyl (C=O) groups excluding carboxylic acids is 1. The summed E-state index contributed by atoms with van der Waals surface area (Å²) in [5.41, 5.74) is 1.52. The van der Waals surface area contributed by atoms with E-state index in [1.54, 1.807) is 24.3 Å². The molecule has 0 fully saturated rings. The van der Waals surface area contributed by atoms with E-state index in [-0.39, 0.29) is 12.3 Å². The Morgan fingerprint density at radius 3 is 2.03 bits per heavy atom. The predicted octanol–water partition coefficient (Wildman–Crippen LogP) is 4.05. The number of carboxylic acid groups (broad SMARTS) is 1. The normalized spacial score (nSPS) is 11.4. The summed E-state index contributed by atoms with van der Waals surface area (Å²) in [6, 6.07) is 24.7. The molecule has 3 rings (SSSR count). The summed E-state index contributed by atoms with van der Waals surface area (Å²) >= 11 is 0. The highest BCUT2D eigenvalue weighted by Gasteiger charge is 2.20. The third kappa shape index (κ3) is 6.48. The molecule has 29 heavy (non-hydrogen) atoms. The van der Waals surface area contributed by atoms with Gasteiger partial charge < -0.3 is 15.2 Å². The Hall–Kier alpha value is -3.64. The van der Waals surface area contributed by atoms with Crippen LogP contribution in [-0.2, 0) is 16.1 Å². The van der Waals surface area contributed by atoms with Crippen molar-refractivity contribution in [3.63, 3.8) is 0 Å². The minimum absolute atomic E-state index is 0.176. The van der Waals surface area contributed by atoms with Gasteiger partial charge in [-0.15, -0.1) is 0 Å². The van der Waals surface area contributed by atoms with Crippen molar-refractivity contribution in [2.75, 3.05) is 5.32 Å². The lowest BCUT2D eigenvalue weighted by atomic mass is 10.1. The zero-order valence-electron chi connectivity index (χ0n) is 15.7. The van der Waals surface area contributed by atoms with E-state index in [2.05, 4.69) is 10.6 Å².